The molecule has 2 aromatic heterocycles. The van der Waals surface area contributed by atoms with Gasteiger partial charge in [0, 0.05) is 31.2 Å². The van der Waals surface area contributed by atoms with Crippen molar-refractivity contribution >= 4 is 17.9 Å². The van der Waals surface area contributed by atoms with Gasteiger partial charge in [0.05, 0.1) is 11.1 Å². The molecule has 2 heterocycles. The van der Waals surface area contributed by atoms with E-state index >= 15 is 0 Å². The molecule has 0 fully saturated rings. The maximum absolute atomic E-state index is 12.4. The second kappa shape index (κ2) is 18.9. The van der Waals surface area contributed by atoms with E-state index in [9.17, 15) is 14.4 Å². The number of nitrogens with zero attached hydrogens (tertiary/aromatic N) is 2. The summed E-state index contributed by atoms with van der Waals surface area (Å²) in [6.07, 6.45) is 18.4. The molecule has 0 spiro atoms. The molecule has 202 valence electrons. The van der Waals surface area contributed by atoms with Gasteiger partial charge in [-0.2, -0.15) is 0 Å². The smallest absolute Gasteiger partial charge is 0.340 e. The van der Waals surface area contributed by atoms with Gasteiger partial charge in [-0.1, -0.05) is 71.1 Å². The van der Waals surface area contributed by atoms with Crippen LogP contribution in [0.5, 0.6) is 0 Å². The van der Waals surface area contributed by atoms with Gasteiger partial charge in [0.2, 0.25) is 0 Å². The van der Waals surface area contributed by atoms with Crippen LogP contribution in [0.3, 0.4) is 0 Å². The monoisotopic (exact) mass is 512 g/mol. The van der Waals surface area contributed by atoms with E-state index < -0.39 is 18.0 Å². The first kappa shape index (κ1) is 29.9. The minimum absolute atomic E-state index is 0.205. The van der Waals surface area contributed by atoms with Crippen molar-refractivity contribution in [1.82, 2.24) is 9.97 Å². The van der Waals surface area contributed by atoms with Crippen molar-refractivity contribution in [2.24, 2.45) is 0 Å². The van der Waals surface area contributed by atoms with Crippen LogP contribution in [0.15, 0.2) is 49.1 Å². The van der Waals surface area contributed by atoms with Crippen LogP contribution in [-0.2, 0) is 19.0 Å². The molecule has 0 aliphatic carbocycles. The van der Waals surface area contributed by atoms with E-state index in [1.807, 2.05) is 0 Å². The molecule has 0 radical (unpaired) electrons. The highest BCUT2D eigenvalue weighted by molar-refractivity contribution is 5.89. The second-order valence-electron chi connectivity index (χ2n) is 9.08. The van der Waals surface area contributed by atoms with Crippen molar-refractivity contribution in [2.75, 3.05) is 13.2 Å². The summed E-state index contributed by atoms with van der Waals surface area (Å²) in [5.74, 6) is -1.61. The fourth-order valence-corrected chi connectivity index (χ4v) is 3.75. The molecule has 0 aliphatic heterocycles. The number of rotatable bonds is 19. The summed E-state index contributed by atoms with van der Waals surface area (Å²) >= 11 is 0. The Morgan fingerprint density at radius 1 is 0.703 bits per heavy atom. The summed E-state index contributed by atoms with van der Waals surface area (Å²) in [5.41, 5.74) is 0.520. The Hall–Kier alpha value is -3.29. The zero-order valence-electron chi connectivity index (χ0n) is 21.9. The largest absolute Gasteiger partial charge is 0.462 e. The number of aromatic nitrogens is 2. The number of ether oxygens (including phenoxy) is 3. The van der Waals surface area contributed by atoms with Gasteiger partial charge in [-0.25, -0.2) is 9.59 Å². The Morgan fingerprint density at radius 3 is 1.76 bits per heavy atom. The summed E-state index contributed by atoms with van der Waals surface area (Å²) in [7, 11) is 0. The first-order valence-corrected chi connectivity index (χ1v) is 13.4. The fourth-order valence-electron chi connectivity index (χ4n) is 3.75. The van der Waals surface area contributed by atoms with E-state index in [1.54, 1.807) is 36.7 Å². The van der Waals surface area contributed by atoms with Crippen molar-refractivity contribution in [2.45, 2.75) is 90.1 Å². The molecule has 37 heavy (non-hydrogen) atoms. The zero-order valence-corrected chi connectivity index (χ0v) is 21.9. The molecule has 0 unspecified atom stereocenters. The SMILES string of the molecule is CCCCCCCCCCCCCC(=O)OC[C@H](COC(=O)c1cccnc1)OC(=O)c1cccnc1. The van der Waals surface area contributed by atoms with Crippen LogP contribution in [0, 0.1) is 0 Å². The third kappa shape index (κ3) is 13.6. The highest BCUT2D eigenvalue weighted by Crippen LogP contribution is 2.13. The number of carbonyl (C=O) groups excluding carboxylic acids is 3. The molecule has 0 N–H and O–H groups in total. The minimum Gasteiger partial charge on any atom is -0.462 e. The third-order valence-corrected chi connectivity index (χ3v) is 5.88. The van der Waals surface area contributed by atoms with E-state index in [0.717, 1.165) is 19.3 Å². The number of pyridine rings is 2. The van der Waals surface area contributed by atoms with Crippen LogP contribution >= 0.6 is 0 Å². The van der Waals surface area contributed by atoms with Gasteiger partial charge in [0.15, 0.2) is 6.10 Å². The van der Waals surface area contributed by atoms with E-state index in [4.69, 9.17) is 14.2 Å². The number of esters is 3. The van der Waals surface area contributed by atoms with Crippen LogP contribution in [0.25, 0.3) is 0 Å². The summed E-state index contributed by atoms with van der Waals surface area (Å²) in [4.78, 5) is 44.7. The molecule has 0 aromatic carbocycles. The third-order valence-electron chi connectivity index (χ3n) is 5.88. The van der Waals surface area contributed by atoms with Gasteiger partial charge < -0.3 is 14.2 Å². The Labute approximate surface area is 220 Å². The Balaban J connectivity index is 1.69. The summed E-state index contributed by atoms with van der Waals surface area (Å²) in [6, 6.07) is 6.36. The highest BCUT2D eigenvalue weighted by Gasteiger charge is 2.21. The van der Waals surface area contributed by atoms with Gasteiger partial charge >= 0.3 is 17.9 Å². The summed E-state index contributed by atoms with van der Waals surface area (Å²) < 4.78 is 16.0. The van der Waals surface area contributed by atoms with Gasteiger partial charge in [-0.15, -0.1) is 0 Å². The van der Waals surface area contributed by atoms with Crippen molar-refractivity contribution in [3.63, 3.8) is 0 Å². The lowest BCUT2D eigenvalue weighted by atomic mass is 10.1. The van der Waals surface area contributed by atoms with Gasteiger partial charge in [-0.05, 0) is 30.7 Å². The van der Waals surface area contributed by atoms with Crippen LogP contribution in [-0.4, -0.2) is 47.2 Å². The molecule has 2 rings (SSSR count). The predicted octanol–water partition coefficient (Wildman–Crippen LogP) is 6.10. The van der Waals surface area contributed by atoms with Gasteiger partial charge in [0.1, 0.15) is 13.2 Å². The van der Waals surface area contributed by atoms with Crippen LogP contribution in [0.4, 0.5) is 0 Å². The van der Waals surface area contributed by atoms with Gasteiger partial charge in [-0.3, -0.25) is 14.8 Å². The van der Waals surface area contributed by atoms with Crippen molar-refractivity contribution < 1.29 is 28.6 Å². The average molecular weight is 513 g/mol. The standard InChI is InChI=1S/C29H40N2O6/c1-2-3-4-5-6-7-8-9-10-11-12-17-27(32)35-22-26(37-29(34)25-16-14-19-31-21-25)23-36-28(33)24-15-13-18-30-20-24/h13-16,18-21,26H,2-12,17,22-23H2,1H3/t26-/m1/s1. The van der Waals surface area contributed by atoms with Crippen LogP contribution in [0.1, 0.15) is 105 Å². The Bertz CT molecular complexity index is 907. The summed E-state index contributed by atoms with van der Waals surface area (Å²) in [5, 5.41) is 0. The van der Waals surface area contributed by atoms with E-state index in [-0.39, 0.29) is 30.3 Å². The zero-order chi connectivity index (χ0) is 26.6. The first-order valence-electron chi connectivity index (χ1n) is 13.4. The van der Waals surface area contributed by atoms with Crippen molar-refractivity contribution in [1.29, 1.82) is 0 Å². The molecule has 8 heteroatoms. The maximum Gasteiger partial charge on any atom is 0.340 e. The number of carbonyl (C=O) groups is 3. The molecule has 0 saturated carbocycles. The lowest BCUT2D eigenvalue weighted by molar-refractivity contribution is -0.147. The van der Waals surface area contributed by atoms with Crippen LogP contribution < -0.4 is 0 Å². The van der Waals surface area contributed by atoms with Gasteiger partial charge in [0.25, 0.3) is 0 Å². The molecular formula is C29H40N2O6. The highest BCUT2D eigenvalue weighted by atomic mass is 16.6. The molecule has 0 aliphatic rings. The number of hydrogen-bond acceptors (Lipinski definition) is 8. The Kier molecular flexibility index (Phi) is 15.3. The quantitative estimate of drug-likeness (QED) is 0.126. The fraction of sp³-hybridized carbons (Fsp3) is 0.552. The van der Waals surface area contributed by atoms with Crippen molar-refractivity contribution in [3.05, 3.63) is 60.2 Å². The normalized spacial score (nSPS) is 11.5. The molecule has 8 nitrogen and oxygen atoms in total. The first-order chi connectivity index (χ1) is 18.1. The molecule has 0 amide bonds. The molecule has 2 aromatic rings. The number of unbranched alkanes of at least 4 members (excludes halogenated alkanes) is 10. The second-order valence-corrected chi connectivity index (χ2v) is 9.08. The average Bonchev–Trinajstić information content (AvgIpc) is 2.93. The van der Waals surface area contributed by atoms with Crippen molar-refractivity contribution in [3.8, 4) is 0 Å². The summed E-state index contributed by atoms with van der Waals surface area (Å²) in [6.45, 7) is 1.77. The lowest BCUT2D eigenvalue weighted by Gasteiger charge is -2.18. The van der Waals surface area contributed by atoms with E-state index in [0.29, 0.717) is 6.42 Å². The molecule has 1 atom stereocenters. The van der Waals surface area contributed by atoms with E-state index in [2.05, 4.69) is 16.9 Å². The predicted molar refractivity (Wildman–Crippen MR) is 140 cm³/mol. The maximum atomic E-state index is 12.4. The molecule has 0 saturated heterocycles. The number of hydrogen-bond donors (Lipinski definition) is 0. The lowest BCUT2D eigenvalue weighted by Crippen LogP contribution is -2.31. The minimum atomic E-state index is -0.949. The van der Waals surface area contributed by atoms with E-state index in [1.165, 1.54) is 63.8 Å². The topological polar surface area (TPSA) is 105 Å². The van der Waals surface area contributed by atoms with Crippen LogP contribution in [0.2, 0.25) is 0 Å². The molecular weight excluding hydrogens is 472 g/mol. The Morgan fingerprint density at radius 2 is 1.22 bits per heavy atom. The molecule has 0 bridgehead atoms.